The molecule has 0 amide bonds. The summed E-state index contributed by atoms with van der Waals surface area (Å²) in [5.74, 6) is -1.30. The molecule has 1 rings (SSSR count). The highest BCUT2D eigenvalue weighted by Gasteiger charge is 2.17. The average molecular weight is 185 g/mol. The molecular formula is C8H13N2O3+. The quantitative estimate of drug-likeness (QED) is 0.508. The highest BCUT2D eigenvalue weighted by molar-refractivity contribution is 5.76. The van der Waals surface area contributed by atoms with Crippen molar-refractivity contribution in [3.63, 3.8) is 0 Å². The zero-order valence-electron chi connectivity index (χ0n) is 7.27. The van der Waals surface area contributed by atoms with Crippen molar-refractivity contribution in [3.8, 4) is 0 Å². The van der Waals surface area contributed by atoms with Gasteiger partial charge in [0.2, 0.25) is 0 Å². The minimum atomic E-state index is -1.54. The molecule has 0 spiro atoms. The van der Waals surface area contributed by atoms with Crippen molar-refractivity contribution >= 4 is 11.7 Å². The highest BCUT2D eigenvalue weighted by Crippen LogP contribution is 2.19. The van der Waals surface area contributed by atoms with Crippen LogP contribution in [0.4, 0.5) is 5.69 Å². The van der Waals surface area contributed by atoms with Crippen LogP contribution >= 0.6 is 0 Å². The maximum Gasteiger partial charge on any atom is 0.337 e. The summed E-state index contributed by atoms with van der Waals surface area (Å²) >= 11 is 0. The molecule has 0 saturated carbocycles. The fourth-order valence-electron chi connectivity index (χ4n) is 0.893. The van der Waals surface area contributed by atoms with E-state index in [1.807, 2.05) is 0 Å². The van der Waals surface area contributed by atoms with Crippen molar-refractivity contribution in [3.05, 3.63) is 29.8 Å². The average Bonchev–Trinajstić information content (AvgIpc) is 2.04. The van der Waals surface area contributed by atoms with E-state index in [4.69, 9.17) is 15.9 Å². The first kappa shape index (κ1) is 11.4. The number of aliphatic carboxylic acids is 1. The van der Waals surface area contributed by atoms with Gasteiger partial charge < -0.3 is 22.1 Å². The van der Waals surface area contributed by atoms with Crippen molar-refractivity contribution in [2.24, 2.45) is 0 Å². The molecule has 1 atom stereocenters. The van der Waals surface area contributed by atoms with Gasteiger partial charge in [0.15, 0.2) is 6.10 Å². The lowest BCUT2D eigenvalue weighted by atomic mass is 10.1. The van der Waals surface area contributed by atoms with Crippen molar-refractivity contribution in [2.75, 3.05) is 5.73 Å². The van der Waals surface area contributed by atoms with E-state index in [0.717, 1.165) is 0 Å². The Morgan fingerprint density at radius 3 is 2.38 bits per heavy atom. The molecule has 0 bridgehead atoms. The summed E-state index contributed by atoms with van der Waals surface area (Å²) in [7, 11) is 0. The number of carboxylic acid groups (broad SMARTS) is 1. The van der Waals surface area contributed by atoms with E-state index in [0.29, 0.717) is 0 Å². The number of benzene rings is 1. The van der Waals surface area contributed by atoms with Gasteiger partial charge in [-0.05, 0) is 6.07 Å². The normalized spacial score (nSPS) is 11.5. The fraction of sp³-hybridized carbons (Fsp3) is 0.125. The zero-order valence-corrected chi connectivity index (χ0v) is 7.27. The Morgan fingerprint density at radius 2 is 1.92 bits per heavy atom. The van der Waals surface area contributed by atoms with Crippen molar-refractivity contribution in [1.82, 2.24) is 6.15 Å². The third-order valence-corrected chi connectivity index (χ3v) is 1.52. The topological polar surface area (TPSA) is 120 Å². The molecule has 8 N–H and O–H groups in total. The van der Waals surface area contributed by atoms with Gasteiger partial charge in [0.1, 0.15) is 0 Å². The lowest BCUT2D eigenvalue weighted by Gasteiger charge is -2.07. The standard InChI is InChI=1S/C8H9NO3.H3N/c9-6-4-2-1-3-5(6)7(10)8(11)12;/h1-4,7,10H,9H2,(H,11,12);1H3/p+1/t7-;/m1./s1. The van der Waals surface area contributed by atoms with Crippen LogP contribution in [0.15, 0.2) is 24.3 Å². The summed E-state index contributed by atoms with van der Waals surface area (Å²) in [5, 5.41) is 17.6. The molecule has 1 aromatic rings. The van der Waals surface area contributed by atoms with Crippen LogP contribution in [-0.2, 0) is 4.79 Å². The fourth-order valence-corrected chi connectivity index (χ4v) is 0.893. The molecular weight excluding hydrogens is 172 g/mol. The van der Waals surface area contributed by atoms with Crippen LogP contribution in [0.3, 0.4) is 0 Å². The number of rotatable bonds is 2. The largest absolute Gasteiger partial charge is 0.479 e. The van der Waals surface area contributed by atoms with Gasteiger partial charge >= 0.3 is 5.97 Å². The van der Waals surface area contributed by atoms with Crippen LogP contribution in [0.2, 0.25) is 0 Å². The Balaban J connectivity index is 0.00000144. The second-order valence-electron chi connectivity index (χ2n) is 2.37. The number of carbonyl (C=O) groups is 1. The molecule has 0 saturated heterocycles. The third-order valence-electron chi connectivity index (χ3n) is 1.52. The molecule has 0 aliphatic rings. The Morgan fingerprint density at radius 1 is 1.38 bits per heavy atom. The van der Waals surface area contributed by atoms with Gasteiger partial charge in [0.25, 0.3) is 0 Å². The van der Waals surface area contributed by atoms with E-state index in [1.165, 1.54) is 6.07 Å². The van der Waals surface area contributed by atoms with Crippen LogP contribution in [-0.4, -0.2) is 16.2 Å². The molecule has 0 radical (unpaired) electrons. The minimum absolute atomic E-state index is 0. The van der Waals surface area contributed by atoms with E-state index in [1.54, 1.807) is 18.2 Å². The van der Waals surface area contributed by atoms with Gasteiger partial charge in [0.05, 0.1) is 0 Å². The number of carboxylic acids is 1. The molecule has 5 heteroatoms. The summed E-state index contributed by atoms with van der Waals surface area (Å²) in [6, 6.07) is 6.32. The van der Waals surface area contributed by atoms with Crippen LogP contribution in [0.25, 0.3) is 0 Å². The molecule has 5 nitrogen and oxygen atoms in total. The monoisotopic (exact) mass is 185 g/mol. The number of anilines is 1. The number of hydrogen-bond acceptors (Lipinski definition) is 3. The van der Waals surface area contributed by atoms with E-state index in [-0.39, 0.29) is 17.4 Å². The Bertz CT molecular complexity index is 301. The van der Waals surface area contributed by atoms with Crippen LogP contribution in [0.1, 0.15) is 11.7 Å². The van der Waals surface area contributed by atoms with Gasteiger partial charge in [-0.15, -0.1) is 0 Å². The molecule has 72 valence electrons. The lowest BCUT2D eigenvalue weighted by Crippen LogP contribution is -2.12. The number of hydrogen-bond donors (Lipinski definition) is 4. The molecule has 13 heavy (non-hydrogen) atoms. The first-order valence-corrected chi connectivity index (χ1v) is 3.38. The predicted octanol–water partition coefficient (Wildman–Crippen LogP) is 0.763. The number of nitrogens with two attached hydrogens (primary N) is 1. The Hall–Kier alpha value is -1.59. The summed E-state index contributed by atoms with van der Waals surface area (Å²) in [6.45, 7) is 0. The summed E-state index contributed by atoms with van der Waals surface area (Å²) in [4.78, 5) is 10.3. The van der Waals surface area contributed by atoms with Gasteiger partial charge in [-0.3, -0.25) is 0 Å². The molecule has 0 unspecified atom stereocenters. The number of para-hydroxylation sites is 1. The third kappa shape index (κ3) is 2.43. The summed E-state index contributed by atoms with van der Waals surface area (Å²) in [6.07, 6.45) is -1.54. The maximum atomic E-state index is 10.3. The van der Waals surface area contributed by atoms with Crippen molar-refractivity contribution in [1.29, 1.82) is 0 Å². The van der Waals surface area contributed by atoms with Crippen LogP contribution < -0.4 is 11.9 Å². The Kier molecular flexibility index (Phi) is 3.90. The predicted molar refractivity (Wildman–Crippen MR) is 49.4 cm³/mol. The van der Waals surface area contributed by atoms with E-state index in [9.17, 15) is 4.79 Å². The van der Waals surface area contributed by atoms with E-state index in [2.05, 4.69) is 0 Å². The lowest BCUT2D eigenvalue weighted by molar-refractivity contribution is -0.146. The summed E-state index contributed by atoms with van der Waals surface area (Å²) in [5.41, 5.74) is 5.95. The molecule has 0 heterocycles. The van der Waals surface area contributed by atoms with Gasteiger partial charge in [-0.1, -0.05) is 18.2 Å². The first-order valence-electron chi connectivity index (χ1n) is 3.38. The molecule has 1 aromatic carbocycles. The molecule has 0 aliphatic carbocycles. The minimum Gasteiger partial charge on any atom is -0.479 e. The number of aliphatic hydroxyl groups is 1. The molecule has 0 aromatic heterocycles. The van der Waals surface area contributed by atoms with Crippen LogP contribution in [0, 0.1) is 0 Å². The van der Waals surface area contributed by atoms with Gasteiger partial charge in [0, 0.05) is 11.3 Å². The Labute approximate surface area is 75.4 Å². The maximum absolute atomic E-state index is 10.3. The van der Waals surface area contributed by atoms with Crippen LogP contribution in [0.5, 0.6) is 0 Å². The summed E-state index contributed by atoms with van der Waals surface area (Å²) < 4.78 is 0. The number of nitrogen functional groups attached to an aromatic ring is 1. The van der Waals surface area contributed by atoms with Gasteiger partial charge in [-0.2, -0.15) is 0 Å². The molecule has 0 fully saturated rings. The second kappa shape index (κ2) is 4.44. The first-order chi connectivity index (χ1) is 5.63. The number of aliphatic hydroxyl groups excluding tert-OH is 1. The number of quaternary nitrogens is 1. The van der Waals surface area contributed by atoms with E-state index >= 15 is 0 Å². The van der Waals surface area contributed by atoms with E-state index < -0.39 is 12.1 Å². The molecule has 0 aliphatic heterocycles. The second-order valence-corrected chi connectivity index (χ2v) is 2.37. The van der Waals surface area contributed by atoms with Crippen molar-refractivity contribution in [2.45, 2.75) is 6.10 Å². The highest BCUT2D eigenvalue weighted by atomic mass is 16.4. The van der Waals surface area contributed by atoms with Gasteiger partial charge in [-0.25, -0.2) is 4.79 Å². The van der Waals surface area contributed by atoms with Crippen molar-refractivity contribution < 1.29 is 15.0 Å². The smallest absolute Gasteiger partial charge is 0.337 e. The zero-order chi connectivity index (χ0) is 9.14. The SMILES string of the molecule is Nc1ccccc1[C@@H](O)C(=O)O.[NH4+].